The van der Waals surface area contributed by atoms with Crippen LogP contribution in [-0.4, -0.2) is 4.57 Å². The van der Waals surface area contributed by atoms with Gasteiger partial charge in [-0.25, -0.2) is 0 Å². The molecule has 0 saturated heterocycles. The number of hydrogen-bond donors (Lipinski definition) is 0. The van der Waals surface area contributed by atoms with E-state index in [4.69, 9.17) is 8.83 Å². The molecule has 0 spiro atoms. The minimum atomic E-state index is 0.888. The molecule has 3 nitrogen and oxygen atoms in total. The minimum absolute atomic E-state index is 0.888. The van der Waals surface area contributed by atoms with E-state index >= 15 is 0 Å². The second-order valence-electron chi connectivity index (χ2n) is 15.2. The largest absolute Gasteiger partial charge is 0.456 e. The number of benzene rings is 9. The van der Waals surface area contributed by atoms with Gasteiger partial charge in [0, 0.05) is 58.2 Å². The van der Waals surface area contributed by atoms with Crippen LogP contribution in [0.2, 0.25) is 0 Å². The van der Waals surface area contributed by atoms with Gasteiger partial charge in [-0.05, 0) is 100 Å². The smallest absolute Gasteiger partial charge is 0.136 e. The van der Waals surface area contributed by atoms with E-state index in [1.165, 1.54) is 42.1 Å². The van der Waals surface area contributed by atoms with Gasteiger partial charge < -0.3 is 13.4 Å². The van der Waals surface area contributed by atoms with E-state index in [0.29, 0.717) is 0 Å². The van der Waals surface area contributed by atoms with Crippen molar-refractivity contribution in [1.82, 2.24) is 4.57 Å². The molecule has 0 bridgehead atoms. The number of hydrogen-bond acceptors (Lipinski definition) is 3. The van der Waals surface area contributed by atoms with Crippen molar-refractivity contribution in [2.75, 3.05) is 0 Å². The fourth-order valence-corrected chi connectivity index (χ4v) is 10.7. The highest BCUT2D eigenvalue weighted by Gasteiger charge is 2.21. The minimum Gasteiger partial charge on any atom is -0.456 e. The van der Waals surface area contributed by atoms with Crippen LogP contribution in [0.4, 0.5) is 0 Å². The van der Waals surface area contributed by atoms with Gasteiger partial charge in [-0.15, -0.1) is 11.3 Å². The molecule has 0 saturated carbocycles. The van der Waals surface area contributed by atoms with Gasteiger partial charge in [0.15, 0.2) is 0 Å². The molecule has 0 atom stereocenters. The maximum atomic E-state index is 6.42. The summed E-state index contributed by atoms with van der Waals surface area (Å²) in [5.74, 6) is 0. The van der Waals surface area contributed by atoms with Crippen molar-refractivity contribution < 1.29 is 8.83 Å². The summed E-state index contributed by atoms with van der Waals surface area (Å²) in [5, 5.41) is 9.55. The van der Waals surface area contributed by atoms with Crippen LogP contribution in [0.1, 0.15) is 0 Å². The first-order chi connectivity index (χ1) is 28.7. The third-order valence-corrected chi connectivity index (χ3v) is 13.3. The lowest BCUT2D eigenvalue weighted by Crippen LogP contribution is -1.94. The van der Waals surface area contributed by atoms with Crippen molar-refractivity contribution in [3.8, 4) is 39.1 Å². The van der Waals surface area contributed by atoms with Gasteiger partial charge in [0.25, 0.3) is 0 Å². The maximum absolute atomic E-state index is 6.42. The van der Waals surface area contributed by atoms with Crippen LogP contribution in [0.3, 0.4) is 0 Å². The van der Waals surface area contributed by atoms with Crippen LogP contribution >= 0.6 is 11.3 Å². The summed E-state index contributed by atoms with van der Waals surface area (Å²) in [7, 11) is 0. The van der Waals surface area contributed by atoms with Crippen LogP contribution in [-0.2, 0) is 0 Å². The highest BCUT2D eigenvalue weighted by Crippen LogP contribution is 2.46. The zero-order valence-electron chi connectivity index (χ0n) is 31.1. The number of aromatic nitrogens is 1. The normalized spacial score (nSPS) is 12.1. The Morgan fingerprint density at radius 2 is 0.828 bits per heavy atom. The number of furan rings is 2. The van der Waals surface area contributed by atoms with Gasteiger partial charge in [0.1, 0.15) is 22.3 Å². The quantitative estimate of drug-likeness (QED) is 0.179. The lowest BCUT2D eigenvalue weighted by molar-refractivity contribution is 0.668. The lowest BCUT2D eigenvalue weighted by atomic mass is 9.94. The lowest BCUT2D eigenvalue weighted by Gasteiger charge is -2.11. The molecule has 0 radical (unpaired) electrons. The first kappa shape index (κ1) is 31.8. The molecular weight excluding hydrogens is 727 g/mol. The van der Waals surface area contributed by atoms with Crippen LogP contribution in [0.5, 0.6) is 0 Å². The van der Waals surface area contributed by atoms with Crippen LogP contribution in [0, 0.1) is 0 Å². The van der Waals surface area contributed by atoms with Gasteiger partial charge in [-0.3, -0.25) is 0 Å². The number of rotatable bonds is 4. The number of fused-ring (bicyclic) bond motifs is 12. The van der Waals surface area contributed by atoms with Crippen molar-refractivity contribution in [3.05, 3.63) is 188 Å². The third-order valence-electron chi connectivity index (χ3n) is 12.0. The first-order valence-corrected chi connectivity index (χ1v) is 20.5. The van der Waals surface area contributed by atoms with Crippen molar-refractivity contribution in [2.45, 2.75) is 0 Å². The summed E-state index contributed by atoms with van der Waals surface area (Å²) >= 11 is 1.87. The number of para-hydroxylation sites is 2. The SMILES string of the molecule is c1ccc2c(c1)oc1cc(-c3cccc4c3c3c(-c5ccc6c(c5)oc5ccccc56)cccc3n4-c3ccc(-c4cccc5c4sc4ccccc45)cc3)ccc12. The number of nitrogens with zero attached hydrogens (tertiary/aromatic N) is 1. The van der Waals surface area contributed by atoms with Crippen molar-refractivity contribution >= 4 is 97.2 Å². The van der Waals surface area contributed by atoms with Crippen LogP contribution in [0.25, 0.3) is 125 Å². The molecule has 4 heterocycles. The average Bonchev–Trinajstić information content (AvgIpc) is 4.04. The van der Waals surface area contributed by atoms with Gasteiger partial charge in [0.2, 0.25) is 0 Å². The molecule has 0 fully saturated rings. The molecule has 4 heteroatoms. The fraction of sp³-hybridized carbons (Fsp3) is 0. The van der Waals surface area contributed by atoms with E-state index in [1.807, 2.05) is 35.6 Å². The highest BCUT2D eigenvalue weighted by atomic mass is 32.1. The first-order valence-electron chi connectivity index (χ1n) is 19.7. The Morgan fingerprint density at radius 1 is 0.345 bits per heavy atom. The number of thiophene rings is 1. The predicted octanol–water partition coefficient (Wildman–Crippen LogP) is 16.0. The second-order valence-corrected chi connectivity index (χ2v) is 16.2. The molecule has 0 amide bonds. The molecular formula is C54H31NO2S. The summed E-state index contributed by atoms with van der Waals surface area (Å²) < 4.78 is 17.9. The Morgan fingerprint density at radius 3 is 1.45 bits per heavy atom. The van der Waals surface area contributed by atoms with Gasteiger partial charge in [0.05, 0.1) is 11.0 Å². The van der Waals surface area contributed by atoms with Crippen molar-refractivity contribution in [1.29, 1.82) is 0 Å². The van der Waals surface area contributed by atoms with Crippen LogP contribution in [0.15, 0.2) is 197 Å². The monoisotopic (exact) mass is 757 g/mol. The Bertz CT molecular complexity index is 3630. The average molecular weight is 758 g/mol. The molecule has 13 aromatic rings. The van der Waals surface area contributed by atoms with E-state index in [1.54, 1.807) is 0 Å². The van der Waals surface area contributed by atoms with E-state index in [0.717, 1.165) is 82.9 Å². The zero-order valence-corrected chi connectivity index (χ0v) is 31.9. The summed E-state index contributed by atoms with van der Waals surface area (Å²) in [5.41, 5.74) is 14.0. The van der Waals surface area contributed by atoms with Gasteiger partial charge >= 0.3 is 0 Å². The molecule has 0 N–H and O–H groups in total. The predicted molar refractivity (Wildman–Crippen MR) is 245 cm³/mol. The summed E-state index contributed by atoms with van der Waals surface area (Å²) in [6.07, 6.45) is 0. The Balaban J connectivity index is 1.05. The molecule has 0 aliphatic heterocycles. The third kappa shape index (κ3) is 4.55. The zero-order chi connectivity index (χ0) is 37.9. The molecule has 9 aromatic carbocycles. The summed E-state index contributed by atoms with van der Waals surface area (Å²) in [4.78, 5) is 0. The van der Waals surface area contributed by atoms with Crippen molar-refractivity contribution in [3.63, 3.8) is 0 Å². The Kier molecular flexibility index (Phi) is 6.60. The molecule has 58 heavy (non-hydrogen) atoms. The highest BCUT2D eigenvalue weighted by molar-refractivity contribution is 7.26. The van der Waals surface area contributed by atoms with E-state index in [-0.39, 0.29) is 0 Å². The topological polar surface area (TPSA) is 31.2 Å². The Labute approximate surface area is 336 Å². The van der Waals surface area contributed by atoms with Crippen LogP contribution < -0.4 is 0 Å². The second kappa shape index (κ2) is 12.1. The summed E-state index contributed by atoms with van der Waals surface area (Å²) in [6, 6.07) is 67.8. The molecule has 0 unspecified atom stereocenters. The van der Waals surface area contributed by atoms with E-state index in [9.17, 15) is 0 Å². The van der Waals surface area contributed by atoms with E-state index in [2.05, 4.69) is 168 Å². The van der Waals surface area contributed by atoms with Crippen molar-refractivity contribution in [2.24, 2.45) is 0 Å². The maximum Gasteiger partial charge on any atom is 0.136 e. The fourth-order valence-electron chi connectivity index (χ4n) is 9.42. The molecule has 0 aliphatic carbocycles. The summed E-state index contributed by atoms with van der Waals surface area (Å²) in [6.45, 7) is 0. The molecule has 13 rings (SSSR count). The van der Waals surface area contributed by atoms with E-state index < -0.39 is 0 Å². The Hall–Kier alpha value is -7.40. The van der Waals surface area contributed by atoms with Gasteiger partial charge in [-0.2, -0.15) is 0 Å². The molecule has 4 aromatic heterocycles. The van der Waals surface area contributed by atoms with Gasteiger partial charge in [-0.1, -0.05) is 121 Å². The molecule has 0 aliphatic rings. The standard InChI is InChI=1S/C54H31NO2S/c1-4-19-47-39(10-1)41-28-24-33(30-49(41)56-47)36-13-8-17-45-52(36)53-37(34-25-29-42-40-11-2-5-20-48(40)57-50(42)31-34)14-9-18-46(53)55(45)35-26-22-32(23-27-35)38-15-7-16-44-43-12-3-6-21-51(43)58-54(38)44/h1-31H. The molecule has 270 valence electrons.